The topological polar surface area (TPSA) is 54.5 Å². The number of carbonyl (C=O) groups is 1. The van der Waals surface area contributed by atoms with Crippen LogP contribution in [0.4, 0.5) is 5.69 Å². The van der Waals surface area contributed by atoms with Crippen LogP contribution < -0.4 is 15.0 Å². The second-order valence-corrected chi connectivity index (χ2v) is 8.20. The fourth-order valence-corrected chi connectivity index (χ4v) is 4.02. The average molecular weight is 365 g/mol. The van der Waals surface area contributed by atoms with Gasteiger partial charge in [0.05, 0.1) is 12.2 Å². The number of aromatic nitrogens is 1. The predicted molar refractivity (Wildman–Crippen MR) is 106 cm³/mol. The fourth-order valence-electron chi connectivity index (χ4n) is 4.02. The van der Waals surface area contributed by atoms with Crippen molar-refractivity contribution in [3.8, 4) is 5.75 Å². The van der Waals surface area contributed by atoms with Crippen molar-refractivity contribution >= 4 is 11.6 Å². The Labute approximate surface area is 160 Å². The van der Waals surface area contributed by atoms with E-state index in [-0.39, 0.29) is 11.3 Å². The van der Waals surface area contributed by atoms with E-state index in [9.17, 15) is 4.79 Å². The lowest BCUT2D eigenvalue weighted by atomic mass is 9.86. The van der Waals surface area contributed by atoms with Gasteiger partial charge in [-0.15, -0.1) is 0 Å². The van der Waals surface area contributed by atoms with Gasteiger partial charge in [-0.25, -0.2) is 0 Å². The number of rotatable bonds is 4. The summed E-state index contributed by atoms with van der Waals surface area (Å²) in [4.78, 5) is 19.2. The zero-order valence-corrected chi connectivity index (χ0v) is 16.1. The lowest BCUT2D eigenvalue weighted by Gasteiger charge is -2.33. The number of carbonyl (C=O) groups excluding carboxylic acids is 1. The maximum absolute atomic E-state index is 12.7. The van der Waals surface area contributed by atoms with Crippen molar-refractivity contribution in [2.24, 2.45) is 5.92 Å². The van der Waals surface area contributed by atoms with Crippen LogP contribution in [0.1, 0.15) is 42.6 Å². The minimum atomic E-state index is -0.0363. The first-order valence-corrected chi connectivity index (χ1v) is 9.74. The van der Waals surface area contributed by atoms with Crippen molar-refractivity contribution in [1.82, 2.24) is 10.3 Å². The Balaban J connectivity index is 1.33. The summed E-state index contributed by atoms with van der Waals surface area (Å²) in [5, 5.41) is 3.13. The molecule has 0 spiro atoms. The molecule has 1 aromatic carbocycles. The quantitative estimate of drug-likeness (QED) is 0.902. The third-order valence-electron chi connectivity index (χ3n) is 5.76. The molecule has 2 aromatic rings. The third-order valence-corrected chi connectivity index (χ3v) is 5.76. The van der Waals surface area contributed by atoms with Gasteiger partial charge in [-0.05, 0) is 37.0 Å². The highest BCUT2D eigenvalue weighted by molar-refractivity contribution is 5.97. The summed E-state index contributed by atoms with van der Waals surface area (Å²) in [5.74, 6) is 1.25. The van der Waals surface area contributed by atoms with Crippen molar-refractivity contribution in [3.63, 3.8) is 0 Å². The molecule has 5 nitrogen and oxygen atoms in total. The Bertz CT molecular complexity index is 812. The van der Waals surface area contributed by atoms with Crippen molar-refractivity contribution in [3.05, 3.63) is 53.9 Å². The zero-order chi connectivity index (χ0) is 18.9. The van der Waals surface area contributed by atoms with E-state index in [0.29, 0.717) is 18.1 Å². The van der Waals surface area contributed by atoms with Crippen LogP contribution in [-0.4, -0.2) is 37.1 Å². The summed E-state index contributed by atoms with van der Waals surface area (Å²) < 4.78 is 5.85. The highest BCUT2D eigenvalue weighted by Gasteiger charge is 2.34. The van der Waals surface area contributed by atoms with E-state index >= 15 is 0 Å². The van der Waals surface area contributed by atoms with Gasteiger partial charge in [0.25, 0.3) is 5.91 Å². The van der Waals surface area contributed by atoms with Crippen LogP contribution >= 0.6 is 0 Å². The summed E-state index contributed by atoms with van der Waals surface area (Å²) in [7, 11) is 0. The van der Waals surface area contributed by atoms with Gasteiger partial charge in [0.1, 0.15) is 5.75 Å². The number of fused-ring (bicyclic) bond motifs is 1. The molecule has 0 bridgehead atoms. The van der Waals surface area contributed by atoms with Gasteiger partial charge in [0, 0.05) is 48.7 Å². The van der Waals surface area contributed by atoms with Crippen LogP contribution in [0.25, 0.3) is 0 Å². The number of amides is 1. The highest BCUT2D eigenvalue weighted by atomic mass is 16.5. The predicted octanol–water partition coefficient (Wildman–Crippen LogP) is 3.40. The van der Waals surface area contributed by atoms with Crippen molar-refractivity contribution in [2.45, 2.75) is 32.1 Å². The third kappa shape index (κ3) is 3.64. The van der Waals surface area contributed by atoms with E-state index in [1.165, 1.54) is 5.69 Å². The number of nitrogens with one attached hydrogen (secondary N) is 1. The van der Waals surface area contributed by atoms with Gasteiger partial charge in [0.15, 0.2) is 0 Å². The second-order valence-electron chi connectivity index (χ2n) is 8.20. The summed E-state index contributed by atoms with van der Waals surface area (Å²) in [6, 6.07) is 9.99. The van der Waals surface area contributed by atoms with E-state index in [4.69, 9.17) is 4.74 Å². The molecule has 3 heterocycles. The Kier molecular flexibility index (Phi) is 4.77. The molecule has 0 saturated carbocycles. The lowest BCUT2D eigenvalue weighted by molar-refractivity contribution is 0.0941. The van der Waals surface area contributed by atoms with Gasteiger partial charge >= 0.3 is 0 Å². The molecule has 27 heavy (non-hydrogen) atoms. The van der Waals surface area contributed by atoms with Crippen LogP contribution in [0.15, 0.2) is 42.7 Å². The molecule has 1 amide bonds. The normalized spacial score (nSPS) is 18.7. The molecule has 5 heteroatoms. The standard InChI is InChI=1S/C22H27N3O2/c1-22(2)15-27-20-18(4-3-5-19(20)22)21(26)24-14-16-8-12-25(13-9-16)17-6-10-23-11-7-17/h3-7,10-11,16H,8-9,12-15H2,1-2H3,(H,24,26). The molecule has 0 unspecified atom stereocenters. The first-order chi connectivity index (χ1) is 13.0. The fraction of sp³-hybridized carbons (Fsp3) is 0.455. The Hall–Kier alpha value is -2.56. The van der Waals surface area contributed by atoms with Crippen LogP contribution in [0.2, 0.25) is 0 Å². The molecule has 1 N–H and O–H groups in total. The molecule has 0 aliphatic carbocycles. The summed E-state index contributed by atoms with van der Waals surface area (Å²) in [6.45, 7) is 7.68. The van der Waals surface area contributed by atoms with Crippen molar-refractivity contribution in [1.29, 1.82) is 0 Å². The zero-order valence-electron chi connectivity index (χ0n) is 16.1. The number of ether oxygens (including phenoxy) is 1. The highest BCUT2D eigenvalue weighted by Crippen LogP contribution is 2.40. The largest absolute Gasteiger partial charge is 0.492 e. The molecule has 142 valence electrons. The monoisotopic (exact) mass is 365 g/mol. The first-order valence-electron chi connectivity index (χ1n) is 9.74. The van der Waals surface area contributed by atoms with Gasteiger partial charge in [-0.1, -0.05) is 26.0 Å². The Morgan fingerprint density at radius 3 is 2.70 bits per heavy atom. The number of pyridine rings is 1. The van der Waals surface area contributed by atoms with Crippen LogP contribution in [0.3, 0.4) is 0 Å². The van der Waals surface area contributed by atoms with Crippen molar-refractivity contribution in [2.75, 3.05) is 31.1 Å². The number of para-hydroxylation sites is 1. The maximum atomic E-state index is 12.7. The van der Waals surface area contributed by atoms with Gasteiger partial charge in [-0.3, -0.25) is 9.78 Å². The number of anilines is 1. The summed E-state index contributed by atoms with van der Waals surface area (Å²) in [6.07, 6.45) is 5.84. The minimum absolute atomic E-state index is 0.0267. The molecule has 0 atom stereocenters. The second kappa shape index (κ2) is 7.22. The van der Waals surface area contributed by atoms with E-state index in [0.717, 1.165) is 43.8 Å². The smallest absolute Gasteiger partial charge is 0.255 e. The molecular formula is C22H27N3O2. The number of hydrogen-bond acceptors (Lipinski definition) is 4. The van der Waals surface area contributed by atoms with Crippen molar-refractivity contribution < 1.29 is 9.53 Å². The molecule has 1 saturated heterocycles. The molecule has 2 aliphatic heterocycles. The SMILES string of the molecule is CC1(C)COc2c(C(=O)NCC3CCN(c4ccncc4)CC3)cccc21. The molecule has 1 aromatic heterocycles. The van der Waals surface area contributed by atoms with Gasteiger partial charge < -0.3 is 15.0 Å². The van der Waals surface area contributed by atoms with Crippen LogP contribution in [-0.2, 0) is 5.41 Å². The van der Waals surface area contributed by atoms with E-state index in [1.807, 2.05) is 24.5 Å². The number of benzene rings is 1. The van der Waals surface area contributed by atoms with E-state index < -0.39 is 0 Å². The molecular weight excluding hydrogens is 338 g/mol. The molecule has 1 fully saturated rings. The summed E-state index contributed by atoms with van der Waals surface area (Å²) >= 11 is 0. The van der Waals surface area contributed by atoms with E-state index in [2.05, 4.69) is 47.2 Å². The average Bonchev–Trinajstić information content (AvgIpc) is 3.02. The maximum Gasteiger partial charge on any atom is 0.255 e. The number of nitrogens with zero attached hydrogens (tertiary/aromatic N) is 2. The molecule has 0 radical (unpaired) electrons. The number of piperidine rings is 1. The van der Waals surface area contributed by atoms with E-state index in [1.54, 1.807) is 0 Å². The summed E-state index contributed by atoms with van der Waals surface area (Å²) in [5.41, 5.74) is 2.98. The van der Waals surface area contributed by atoms with Gasteiger partial charge in [0.2, 0.25) is 0 Å². The van der Waals surface area contributed by atoms with Crippen LogP contribution in [0, 0.1) is 5.92 Å². The minimum Gasteiger partial charge on any atom is -0.492 e. The Morgan fingerprint density at radius 2 is 1.96 bits per heavy atom. The van der Waals surface area contributed by atoms with Crippen LogP contribution in [0.5, 0.6) is 5.75 Å². The lowest BCUT2D eigenvalue weighted by Crippen LogP contribution is -2.38. The first kappa shape index (κ1) is 17.8. The molecule has 4 rings (SSSR count). The molecule has 2 aliphatic rings. The Morgan fingerprint density at radius 1 is 1.22 bits per heavy atom. The number of hydrogen-bond donors (Lipinski definition) is 1. The van der Waals surface area contributed by atoms with Gasteiger partial charge in [-0.2, -0.15) is 0 Å².